The fourth-order valence-corrected chi connectivity index (χ4v) is 2.55. The van der Waals surface area contributed by atoms with Crippen LogP contribution in [0.1, 0.15) is 36.8 Å². The van der Waals surface area contributed by atoms with Crippen molar-refractivity contribution < 1.29 is 4.74 Å². The summed E-state index contributed by atoms with van der Waals surface area (Å²) in [5, 5.41) is 0. The van der Waals surface area contributed by atoms with Crippen molar-refractivity contribution in [3.63, 3.8) is 0 Å². The van der Waals surface area contributed by atoms with Crippen molar-refractivity contribution in [2.45, 2.75) is 39.2 Å². The zero-order chi connectivity index (χ0) is 14.4. The van der Waals surface area contributed by atoms with Crippen LogP contribution in [-0.2, 0) is 6.54 Å². The van der Waals surface area contributed by atoms with Gasteiger partial charge in [-0.1, -0.05) is 25.0 Å². The lowest BCUT2D eigenvalue weighted by atomic mass is 10.1. The van der Waals surface area contributed by atoms with Gasteiger partial charge in [-0.2, -0.15) is 0 Å². The van der Waals surface area contributed by atoms with Crippen LogP contribution in [-0.4, -0.2) is 31.1 Å². The molecule has 1 aliphatic rings. The van der Waals surface area contributed by atoms with Crippen molar-refractivity contribution in [3.8, 4) is 5.75 Å². The highest BCUT2D eigenvalue weighted by atomic mass is 16.5. The molecule has 4 nitrogen and oxygen atoms in total. The topological polar surface area (TPSA) is 50.9 Å². The van der Waals surface area contributed by atoms with E-state index in [1.807, 2.05) is 6.07 Å². The minimum absolute atomic E-state index is 0.575. The average molecular weight is 275 g/mol. The highest BCUT2D eigenvalue weighted by molar-refractivity contribution is 5.78. The summed E-state index contributed by atoms with van der Waals surface area (Å²) < 4.78 is 5.40. The molecule has 2 N–H and O–H groups in total. The first kappa shape index (κ1) is 14.7. The van der Waals surface area contributed by atoms with Gasteiger partial charge < -0.3 is 15.4 Å². The number of likely N-dealkylation sites (tertiary alicyclic amines) is 1. The van der Waals surface area contributed by atoms with Crippen molar-refractivity contribution in [2.75, 3.05) is 20.2 Å². The lowest BCUT2D eigenvalue weighted by Crippen LogP contribution is -2.38. The molecule has 4 heteroatoms. The minimum atomic E-state index is 0.575. The molecule has 2 rings (SSSR count). The Morgan fingerprint density at radius 1 is 1.25 bits per heavy atom. The maximum atomic E-state index is 6.12. The number of rotatable bonds is 3. The van der Waals surface area contributed by atoms with E-state index >= 15 is 0 Å². The van der Waals surface area contributed by atoms with E-state index < -0.39 is 0 Å². The van der Waals surface area contributed by atoms with Gasteiger partial charge in [-0.05, 0) is 31.4 Å². The first-order chi connectivity index (χ1) is 9.70. The van der Waals surface area contributed by atoms with E-state index in [9.17, 15) is 0 Å². The molecule has 0 unspecified atom stereocenters. The van der Waals surface area contributed by atoms with Crippen LogP contribution in [0.5, 0.6) is 5.75 Å². The normalized spacial score (nSPS) is 16.9. The number of ether oxygens (including phenoxy) is 1. The third kappa shape index (κ3) is 3.89. The quantitative estimate of drug-likeness (QED) is 0.681. The Balaban J connectivity index is 2.03. The van der Waals surface area contributed by atoms with Gasteiger partial charge in [0.25, 0.3) is 0 Å². The number of guanidine groups is 1. The van der Waals surface area contributed by atoms with E-state index in [1.54, 1.807) is 7.11 Å². The molecule has 1 saturated heterocycles. The number of aliphatic imine (C=N–C) groups is 1. The summed E-state index contributed by atoms with van der Waals surface area (Å²) in [6, 6.07) is 6.18. The zero-order valence-electron chi connectivity index (χ0n) is 12.6. The average Bonchev–Trinajstić information content (AvgIpc) is 2.74. The van der Waals surface area contributed by atoms with E-state index in [2.05, 4.69) is 28.9 Å². The number of benzene rings is 1. The van der Waals surface area contributed by atoms with Crippen LogP contribution in [0.25, 0.3) is 0 Å². The lowest BCUT2D eigenvalue weighted by molar-refractivity contribution is 0.408. The number of hydrogen-bond donors (Lipinski definition) is 1. The maximum absolute atomic E-state index is 6.12. The summed E-state index contributed by atoms with van der Waals surface area (Å²) in [6.45, 7) is 4.69. The molecule has 20 heavy (non-hydrogen) atoms. The predicted octanol–water partition coefficient (Wildman–Crippen LogP) is 2.69. The van der Waals surface area contributed by atoms with Gasteiger partial charge in [-0.3, -0.25) is 0 Å². The molecular weight excluding hydrogens is 250 g/mol. The molecule has 1 aromatic rings. The molecule has 0 amide bonds. The van der Waals surface area contributed by atoms with Gasteiger partial charge >= 0.3 is 0 Å². The molecule has 0 spiro atoms. The second kappa shape index (κ2) is 7.17. The number of hydrogen-bond acceptors (Lipinski definition) is 2. The van der Waals surface area contributed by atoms with Crippen LogP contribution in [0.15, 0.2) is 23.2 Å². The van der Waals surface area contributed by atoms with Crippen LogP contribution in [0.3, 0.4) is 0 Å². The number of aryl methyl sites for hydroxylation is 1. The molecule has 0 saturated carbocycles. The van der Waals surface area contributed by atoms with E-state index in [4.69, 9.17) is 10.5 Å². The molecule has 1 fully saturated rings. The largest absolute Gasteiger partial charge is 0.496 e. The van der Waals surface area contributed by atoms with E-state index in [0.29, 0.717) is 12.5 Å². The van der Waals surface area contributed by atoms with E-state index in [-0.39, 0.29) is 0 Å². The zero-order valence-corrected chi connectivity index (χ0v) is 12.6. The van der Waals surface area contributed by atoms with Crippen molar-refractivity contribution in [2.24, 2.45) is 10.7 Å². The molecule has 0 aliphatic carbocycles. The van der Waals surface area contributed by atoms with Gasteiger partial charge in [-0.15, -0.1) is 0 Å². The summed E-state index contributed by atoms with van der Waals surface area (Å²) in [5.74, 6) is 1.55. The standard InChI is InChI=1S/C16H25N3O/c1-13-7-8-14(15(11-13)20-2)12-18-16(17)19-9-5-3-4-6-10-19/h7-8,11H,3-6,9-10,12H2,1-2H3,(H2,17,18). The molecule has 0 aromatic heterocycles. The van der Waals surface area contributed by atoms with Crippen LogP contribution in [0.2, 0.25) is 0 Å². The second-order valence-electron chi connectivity index (χ2n) is 5.39. The maximum Gasteiger partial charge on any atom is 0.191 e. The number of nitrogens with zero attached hydrogens (tertiary/aromatic N) is 2. The summed E-state index contributed by atoms with van der Waals surface area (Å²) >= 11 is 0. The van der Waals surface area contributed by atoms with E-state index in [0.717, 1.165) is 24.4 Å². The van der Waals surface area contributed by atoms with Gasteiger partial charge in [0.05, 0.1) is 13.7 Å². The Bertz CT molecular complexity index is 463. The van der Waals surface area contributed by atoms with Gasteiger partial charge in [-0.25, -0.2) is 4.99 Å². The van der Waals surface area contributed by atoms with Crippen molar-refractivity contribution in [3.05, 3.63) is 29.3 Å². The van der Waals surface area contributed by atoms with Crippen LogP contribution in [0.4, 0.5) is 0 Å². The lowest BCUT2D eigenvalue weighted by Gasteiger charge is -2.21. The van der Waals surface area contributed by atoms with E-state index in [1.165, 1.54) is 31.2 Å². The van der Waals surface area contributed by atoms with Gasteiger partial charge in [0, 0.05) is 18.7 Å². The Labute approximate surface area is 121 Å². The number of nitrogens with two attached hydrogens (primary N) is 1. The highest BCUT2D eigenvalue weighted by Gasteiger charge is 2.11. The SMILES string of the molecule is COc1cc(C)ccc1CN=C(N)N1CCCCCC1. The molecule has 0 bridgehead atoms. The monoisotopic (exact) mass is 275 g/mol. The molecule has 0 atom stereocenters. The summed E-state index contributed by atoms with van der Waals surface area (Å²) in [5.41, 5.74) is 8.39. The Kier molecular flexibility index (Phi) is 5.27. The Hall–Kier alpha value is -1.71. The van der Waals surface area contributed by atoms with Crippen molar-refractivity contribution >= 4 is 5.96 Å². The fourth-order valence-electron chi connectivity index (χ4n) is 2.55. The fraction of sp³-hybridized carbons (Fsp3) is 0.562. The Morgan fingerprint density at radius 3 is 2.60 bits per heavy atom. The van der Waals surface area contributed by atoms with Crippen molar-refractivity contribution in [1.29, 1.82) is 0 Å². The first-order valence-corrected chi connectivity index (χ1v) is 7.39. The summed E-state index contributed by atoms with van der Waals surface area (Å²) in [6.07, 6.45) is 5.03. The highest BCUT2D eigenvalue weighted by Crippen LogP contribution is 2.20. The smallest absolute Gasteiger partial charge is 0.191 e. The Morgan fingerprint density at radius 2 is 1.95 bits per heavy atom. The van der Waals surface area contributed by atoms with Gasteiger partial charge in [0.1, 0.15) is 5.75 Å². The summed E-state index contributed by atoms with van der Waals surface area (Å²) in [4.78, 5) is 6.74. The van der Waals surface area contributed by atoms with Crippen LogP contribution >= 0.6 is 0 Å². The first-order valence-electron chi connectivity index (χ1n) is 7.39. The van der Waals surface area contributed by atoms with Gasteiger partial charge in [0.2, 0.25) is 0 Å². The minimum Gasteiger partial charge on any atom is -0.496 e. The third-order valence-electron chi connectivity index (χ3n) is 3.78. The molecule has 110 valence electrons. The molecular formula is C16H25N3O. The molecule has 1 aromatic carbocycles. The predicted molar refractivity (Wildman–Crippen MR) is 83.1 cm³/mol. The molecule has 1 heterocycles. The second-order valence-corrected chi connectivity index (χ2v) is 5.39. The van der Waals surface area contributed by atoms with Crippen LogP contribution < -0.4 is 10.5 Å². The third-order valence-corrected chi connectivity index (χ3v) is 3.78. The van der Waals surface area contributed by atoms with Crippen LogP contribution in [0, 0.1) is 6.92 Å². The number of methoxy groups -OCH3 is 1. The molecule has 0 radical (unpaired) electrons. The van der Waals surface area contributed by atoms with Crippen molar-refractivity contribution in [1.82, 2.24) is 4.90 Å². The summed E-state index contributed by atoms with van der Waals surface area (Å²) in [7, 11) is 1.69. The molecule has 1 aliphatic heterocycles. The van der Waals surface area contributed by atoms with Gasteiger partial charge in [0.15, 0.2) is 5.96 Å².